The molecule has 1 saturated heterocycles. The molecule has 0 spiro atoms. The zero-order chi connectivity index (χ0) is 14.9. The summed E-state index contributed by atoms with van der Waals surface area (Å²) in [5, 5.41) is 8.80. The van der Waals surface area contributed by atoms with Crippen molar-refractivity contribution in [2.45, 2.75) is 36.2 Å². The van der Waals surface area contributed by atoms with Crippen molar-refractivity contribution in [1.82, 2.24) is 4.72 Å². The fourth-order valence-corrected chi connectivity index (χ4v) is 5.21. The number of rotatable bonds is 5. The van der Waals surface area contributed by atoms with Gasteiger partial charge in [0.15, 0.2) is 6.10 Å². The third kappa shape index (κ3) is 3.59. The van der Waals surface area contributed by atoms with Crippen LogP contribution in [-0.2, 0) is 19.6 Å². The molecule has 0 aliphatic carbocycles. The largest absolute Gasteiger partial charge is 0.479 e. The Morgan fingerprint density at radius 3 is 2.80 bits per heavy atom. The molecule has 0 amide bonds. The average Bonchev–Trinajstić information content (AvgIpc) is 2.95. The number of sulfonamides is 1. The number of carbonyl (C=O) groups is 1. The number of ether oxygens (including phenoxy) is 1. The molecule has 0 radical (unpaired) electrons. The lowest BCUT2D eigenvalue weighted by Gasteiger charge is -2.11. The molecule has 112 valence electrons. The zero-order valence-corrected chi connectivity index (χ0v) is 13.8. The van der Waals surface area contributed by atoms with Crippen molar-refractivity contribution in [2.75, 3.05) is 6.54 Å². The highest BCUT2D eigenvalue weighted by Gasteiger charge is 2.31. The number of hydrogen-bond acceptors (Lipinski definition) is 5. The van der Waals surface area contributed by atoms with E-state index in [0.717, 1.165) is 20.7 Å². The predicted octanol–water partition coefficient (Wildman–Crippen LogP) is 1.73. The topological polar surface area (TPSA) is 92.7 Å². The molecule has 2 heterocycles. The Morgan fingerprint density at radius 1 is 1.60 bits per heavy atom. The summed E-state index contributed by atoms with van der Waals surface area (Å²) in [4.78, 5) is 10.7. The Hall–Kier alpha value is -0.480. The van der Waals surface area contributed by atoms with Crippen LogP contribution < -0.4 is 4.72 Å². The molecule has 2 unspecified atom stereocenters. The Balaban J connectivity index is 1.95. The van der Waals surface area contributed by atoms with Crippen LogP contribution in [0.4, 0.5) is 0 Å². The van der Waals surface area contributed by atoms with Gasteiger partial charge >= 0.3 is 5.97 Å². The van der Waals surface area contributed by atoms with Gasteiger partial charge in [-0.3, -0.25) is 0 Å². The van der Waals surface area contributed by atoms with Crippen molar-refractivity contribution in [1.29, 1.82) is 0 Å². The van der Waals surface area contributed by atoms with Gasteiger partial charge in [0.05, 0.1) is 9.89 Å². The van der Waals surface area contributed by atoms with E-state index >= 15 is 0 Å². The summed E-state index contributed by atoms with van der Waals surface area (Å²) in [6, 6.07) is 1.59. The van der Waals surface area contributed by atoms with Crippen molar-refractivity contribution in [3.8, 4) is 0 Å². The Morgan fingerprint density at radius 2 is 2.30 bits per heavy atom. The first kappa shape index (κ1) is 15.9. The number of aliphatic carboxylic acids is 1. The lowest BCUT2D eigenvalue weighted by Crippen LogP contribution is -2.32. The number of carboxylic acids is 1. The van der Waals surface area contributed by atoms with Gasteiger partial charge in [0.25, 0.3) is 0 Å². The van der Waals surface area contributed by atoms with Gasteiger partial charge < -0.3 is 9.84 Å². The highest BCUT2D eigenvalue weighted by molar-refractivity contribution is 9.11. The molecule has 6 nitrogen and oxygen atoms in total. The standard InChI is InChI=1S/C11H14BrNO5S2/c1-6-4-9(19-10(6)12)20(16,17)13-5-7-2-3-8(18-7)11(14)15/h4,7-8,13H,2-3,5H2,1H3,(H,14,15). The van der Waals surface area contributed by atoms with Crippen LogP contribution in [0.5, 0.6) is 0 Å². The molecular weight excluding hydrogens is 370 g/mol. The first-order valence-corrected chi connectivity index (χ1v) is 9.02. The first-order valence-electron chi connectivity index (χ1n) is 5.93. The molecule has 0 bridgehead atoms. The summed E-state index contributed by atoms with van der Waals surface area (Å²) >= 11 is 4.43. The Labute approximate surface area is 129 Å². The highest BCUT2D eigenvalue weighted by atomic mass is 79.9. The highest BCUT2D eigenvalue weighted by Crippen LogP contribution is 2.30. The number of carboxylic acid groups (broad SMARTS) is 1. The summed E-state index contributed by atoms with van der Waals surface area (Å²) < 4.78 is 32.9. The van der Waals surface area contributed by atoms with E-state index in [1.807, 2.05) is 6.92 Å². The van der Waals surface area contributed by atoms with Crippen LogP contribution in [0.25, 0.3) is 0 Å². The molecule has 1 fully saturated rings. The second kappa shape index (κ2) is 6.10. The molecule has 9 heteroatoms. The molecule has 1 aromatic rings. The van der Waals surface area contributed by atoms with Gasteiger partial charge in [0.2, 0.25) is 10.0 Å². The number of hydrogen-bond donors (Lipinski definition) is 2. The molecule has 1 aliphatic rings. The van der Waals surface area contributed by atoms with Crippen molar-refractivity contribution in [2.24, 2.45) is 0 Å². The molecule has 1 aromatic heterocycles. The zero-order valence-electron chi connectivity index (χ0n) is 10.6. The number of nitrogens with one attached hydrogen (secondary N) is 1. The Kier molecular flexibility index (Phi) is 4.85. The van der Waals surface area contributed by atoms with Crippen molar-refractivity contribution in [3.05, 3.63) is 15.4 Å². The van der Waals surface area contributed by atoms with Crippen LogP contribution >= 0.6 is 27.3 Å². The van der Waals surface area contributed by atoms with Crippen LogP contribution in [0.1, 0.15) is 18.4 Å². The summed E-state index contributed by atoms with van der Waals surface area (Å²) in [7, 11) is -3.58. The molecule has 2 N–H and O–H groups in total. The number of thiophene rings is 1. The van der Waals surface area contributed by atoms with E-state index in [4.69, 9.17) is 9.84 Å². The normalized spacial score (nSPS) is 23.1. The van der Waals surface area contributed by atoms with Crippen molar-refractivity contribution >= 4 is 43.3 Å². The maximum absolute atomic E-state index is 12.1. The SMILES string of the molecule is Cc1cc(S(=O)(=O)NCC2CCC(C(=O)O)O2)sc1Br. The fourth-order valence-electron chi connectivity index (χ4n) is 1.88. The van der Waals surface area contributed by atoms with E-state index in [0.29, 0.717) is 12.8 Å². The minimum absolute atomic E-state index is 0.0840. The lowest BCUT2D eigenvalue weighted by atomic mass is 10.2. The maximum atomic E-state index is 12.1. The van der Waals surface area contributed by atoms with Crippen molar-refractivity contribution in [3.63, 3.8) is 0 Å². The van der Waals surface area contributed by atoms with Crippen molar-refractivity contribution < 1.29 is 23.1 Å². The Bertz CT molecular complexity index is 593. The van der Waals surface area contributed by atoms with E-state index in [1.54, 1.807) is 6.07 Å². The summed E-state index contributed by atoms with van der Waals surface area (Å²) in [5.41, 5.74) is 0.860. The van der Waals surface area contributed by atoms with Gasteiger partial charge in [-0.05, 0) is 47.3 Å². The molecule has 20 heavy (non-hydrogen) atoms. The quantitative estimate of drug-likeness (QED) is 0.807. The van der Waals surface area contributed by atoms with Crippen LogP contribution in [-0.4, -0.2) is 38.2 Å². The lowest BCUT2D eigenvalue weighted by molar-refractivity contribution is -0.149. The number of aryl methyl sites for hydroxylation is 1. The van der Waals surface area contributed by atoms with Gasteiger partial charge in [-0.15, -0.1) is 11.3 Å². The third-order valence-electron chi connectivity index (χ3n) is 2.98. The van der Waals surface area contributed by atoms with E-state index in [-0.39, 0.29) is 10.8 Å². The second-order valence-corrected chi connectivity index (χ2v) is 8.90. The van der Waals surface area contributed by atoms with Gasteiger partial charge in [0, 0.05) is 6.54 Å². The average molecular weight is 384 g/mol. The van der Waals surface area contributed by atoms with E-state index in [2.05, 4.69) is 20.7 Å². The minimum Gasteiger partial charge on any atom is -0.479 e. The van der Waals surface area contributed by atoms with Gasteiger partial charge in [-0.1, -0.05) is 0 Å². The smallest absolute Gasteiger partial charge is 0.332 e. The molecule has 2 rings (SSSR count). The minimum atomic E-state index is -3.58. The fraction of sp³-hybridized carbons (Fsp3) is 0.545. The predicted molar refractivity (Wildman–Crippen MR) is 77.5 cm³/mol. The number of halogens is 1. The van der Waals surface area contributed by atoms with Crippen LogP contribution in [0.3, 0.4) is 0 Å². The molecule has 0 saturated carbocycles. The van der Waals surface area contributed by atoms with Gasteiger partial charge in [-0.25, -0.2) is 17.9 Å². The molecule has 1 aliphatic heterocycles. The van der Waals surface area contributed by atoms with Crippen LogP contribution in [0.2, 0.25) is 0 Å². The second-order valence-electron chi connectivity index (χ2n) is 4.54. The summed E-state index contributed by atoms with van der Waals surface area (Å²) in [6.45, 7) is 1.90. The monoisotopic (exact) mass is 383 g/mol. The first-order chi connectivity index (χ1) is 9.29. The van der Waals surface area contributed by atoms with Crippen LogP contribution in [0, 0.1) is 6.92 Å². The molecule has 0 aromatic carbocycles. The molecular formula is C11H14BrNO5S2. The van der Waals surface area contributed by atoms with Gasteiger partial charge in [0.1, 0.15) is 4.21 Å². The van der Waals surface area contributed by atoms with E-state index in [1.165, 1.54) is 0 Å². The summed E-state index contributed by atoms with van der Waals surface area (Å²) in [5.74, 6) is -1.01. The summed E-state index contributed by atoms with van der Waals surface area (Å²) in [6.07, 6.45) is -0.282. The van der Waals surface area contributed by atoms with E-state index in [9.17, 15) is 13.2 Å². The van der Waals surface area contributed by atoms with E-state index < -0.39 is 28.2 Å². The van der Waals surface area contributed by atoms with Gasteiger partial charge in [-0.2, -0.15) is 0 Å². The third-order valence-corrected chi connectivity index (χ3v) is 7.02. The maximum Gasteiger partial charge on any atom is 0.332 e. The van der Waals surface area contributed by atoms with Crippen LogP contribution in [0.15, 0.2) is 14.1 Å². The molecule has 2 atom stereocenters.